The Kier molecular flexibility index (Phi) is 5.41. The fourth-order valence-electron chi connectivity index (χ4n) is 3.01. The van der Waals surface area contributed by atoms with Crippen LogP contribution in [0.4, 0.5) is 10.1 Å². The number of carbonyl (C=O) groups is 1. The van der Waals surface area contributed by atoms with E-state index in [0.717, 1.165) is 18.5 Å². The van der Waals surface area contributed by atoms with Gasteiger partial charge in [0.15, 0.2) is 0 Å². The molecule has 1 saturated carbocycles. The average molecular weight is 327 g/mol. The van der Waals surface area contributed by atoms with Crippen molar-refractivity contribution in [2.45, 2.75) is 44.7 Å². The molecule has 1 aliphatic rings. The lowest BCUT2D eigenvalue weighted by molar-refractivity contribution is 0.0922. The van der Waals surface area contributed by atoms with Crippen LogP contribution in [0.3, 0.4) is 0 Å². The molecule has 1 aromatic carbocycles. The van der Waals surface area contributed by atoms with Gasteiger partial charge in [0.2, 0.25) is 0 Å². The Balaban J connectivity index is 1.61. The van der Waals surface area contributed by atoms with Gasteiger partial charge in [-0.1, -0.05) is 37.5 Å². The van der Waals surface area contributed by atoms with E-state index < -0.39 is 0 Å². The maximum absolute atomic E-state index is 13.6. The van der Waals surface area contributed by atoms with Crippen molar-refractivity contribution < 1.29 is 9.18 Å². The molecule has 0 bridgehead atoms. The van der Waals surface area contributed by atoms with Gasteiger partial charge in [-0.25, -0.2) is 4.39 Å². The van der Waals surface area contributed by atoms with E-state index in [-0.39, 0.29) is 17.8 Å². The number of halogens is 1. The second-order valence-electron chi connectivity index (χ2n) is 6.18. The summed E-state index contributed by atoms with van der Waals surface area (Å²) in [5.41, 5.74) is 1.73. The van der Waals surface area contributed by atoms with Crippen LogP contribution in [0.5, 0.6) is 0 Å². The van der Waals surface area contributed by atoms with Gasteiger partial charge in [-0.15, -0.1) is 0 Å². The van der Waals surface area contributed by atoms with Crippen LogP contribution in [0.15, 0.2) is 42.6 Å². The Morgan fingerprint density at radius 1 is 1.17 bits per heavy atom. The predicted octanol–water partition coefficient (Wildman–Crippen LogP) is 3.90. The predicted molar refractivity (Wildman–Crippen MR) is 92.3 cm³/mol. The minimum Gasteiger partial charge on any atom is -0.381 e. The van der Waals surface area contributed by atoms with Crippen LogP contribution in [0, 0.1) is 5.82 Å². The normalized spacial score (nSPS) is 15.0. The second-order valence-corrected chi connectivity index (χ2v) is 6.18. The third-order valence-electron chi connectivity index (χ3n) is 4.37. The first-order chi connectivity index (χ1) is 11.7. The summed E-state index contributed by atoms with van der Waals surface area (Å²) in [6, 6.07) is 10.4. The number of nitrogens with zero attached hydrogens (tertiary/aromatic N) is 1. The van der Waals surface area contributed by atoms with Crippen molar-refractivity contribution in [3.05, 3.63) is 59.7 Å². The quantitative estimate of drug-likeness (QED) is 0.876. The van der Waals surface area contributed by atoms with E-state index >= 15 is 0 Å². The van der Waals surface area contributed by atoms with Crippen LogP contribution in [-0.2, 0) is 6.54 Å². The molecule has 0 spiro atoms. The number of aromatic nitrogens is 1. The maximum atomic E-state index is 13.6. The third-order valence-corrected chi connectivity index (χ3v) is 4.37. The highest BCUT2D eigenvalue weighted by Gasteiger charge is 2.17. The molecule has 126 valence electrons. The number of rotatable bonds is 5. The molecule has 5 heteroatoms. The Hall–Kier alpha value is -2.43. The van der Waals surface area contributed by atoms with E-state index in [4.69, 9.17) is 0 Å². The first-order valence-electron chi connectivity index (χ1n) is 8.46. The summed E-state index contributed by atoms with van der Waals surface area (Å²) >= 11 is 0. The van der Waals surface area contributed by atoms with E-state index in [1.54, 1.807) is 36.5 Å². The Morgan fingerprint density at radius 3 is 2.75 bits per heavy atom. The van der Waals surface area contributed by atoms with Crippen molar-refractivity contribution in [1.82, 2.24) is 10.3 Å². The van der Waals surface area contributed by atoms with E-state index in [1.807, 2.05) is 0 Å². The SMILES string of the molecule is O=C(NC1CCCCC1)c1cc(NCc2ccccc2F)ccn1. The van der Waals surface area contributed by atoms with Crippen molar-refractivity contribution in [2.75, 3.05) is 5.32 Å². The Bertz CT molecular complexity index is 699. The zero-order chi connectivity index (χ0) is 16.8. The van der Waals surface area contributed by atoms with Gasteiger partial charge < -0.3 is 10.6 Å². The molecule has 0 aliphatic heterocycles. The van der Waals surface area contributed by atoms with E-state index in [2.05, 4.69) is 15.6 Å². The molecule has 24 heavy (non-hydrogen) atoms. The van der Waals surface area contributed by atoms with Gasteiger partial charge in [0.1, 0.15) is 11.5 Å². The lowest BCUT2D eigenvalue weighted by atomic mass is 9.95. The van der Waals surface area contributed by atoms with Gasteiger partial charge in [0.05, 0.1) is 0 Å². The summed E-state index contributed by atoms with van der Waals surface area (Å²) < 4.78 is 13.6. The summed E-state index contributed by atoms with van der Waals surface area (Å²) in [6.07, 6.45) is 7.26. The van der Waals surface area contributed by atoms with Gasteiger partial charge in [0.25, 0.3) is 5.91 Å². The number of nitrogens with one attached hydrogen (secondary N) is 2. The van der Waals surface area contributed by atoms with Gasteiger partial charge in [-0.2, -0.15) is 0 Å². The minimum atomic E-state index is -0.241. The molecular weight excluding hydrogens is 305 g/mol. The molecule has 4 nitrogen and oxygen atoms in total. The van der Waals surface area contributed by atoms with Crippen molar-refractivity contribution in [3.8, 4) is 0 Å². The lowest BCUT2D eigenvalue weighted by Gasteiger charge is -2.22. The monoisotopic (exact) mass is 327 g/mol. The fourth-order valence-corrected chi connectivity index (χ4v) is 3.01. The number of amides is 1. The minimum absolute atomic E-state index is 0.142. The number of hydrogen-bond acceptors (Lipinski definition) is 3. The molecule has 2 N–H and O–H groups in total. The number of pyridine rings is 1. The molecule has 0 atom stereocenters. The van der Waals surface area contributed by atoms with Crippen LogP contribution < -0.4 is 10.6 Å². The van der Waals surface area contributed by atoms with Crippen molar-refractivity contribution in [2.24, 2.45) is 0 Å². The second kappa shape index (κ2) is 7.90. The molecule has 3 rings (SSSR count). The molecule has 1 heterocycles. The maximum Gasteiger partial charge on any atom is 0.270 e. The van der Waals surface area contributed by atoms with E-state index in [1.165, 1.54) is 25.3 Å². The van der Waals surface area contributed by atoms with Gasteiger partial charge in [-0.3, -0.25) is 9.78 Å². The Morgan fingerprint density at radius 2 is 1.96 bits per heavy atom. The smallest absolute Gasteiger partial charge is 0.270 e. The van der Waals surface area contributed by atoms with Crippen LogP contribution in [-0.4, -0.2) is 16.9 Å². The van der Waals surface area contributed by atoms with Gasteiger partial charge >= 0.3 is 0 Å². The average Bonchev–Trinajstić information content (AvgIpc) is 2.62. The lowest BCUT2D eigenvalue weighted by Crippen LogP contribution is -2.36. The number of anilines is 1. The highest BCUT2D eigenvalue weighted by Crippen LogP contribution is 2.18. The molecule has 0 unspecified atom stereocenters. The van der Waals surface area contributed by atoms with E-state index in [0.29, 0.717) is 17.8 Å². The zero-order valence-corrected chi connectivity index (χ0v) is 13.6. The molecule has 0 saturated heterocycles. The van der Waals surface area contributed by atoms with Crippen molar-refractivity contribution >= 4 is 11.6 Å². The standard InChI is InChI=1S/C19H22FN3O/c20-17-9-5-4-6-14(17)13-22-16-10-11-21-18(12-16)19(24)23-15-7-2-1-3-8-15/h4-6,9-12,15H,1-3,7-8,13H2,(H,21,22)(H,23,24). The molecule has 1 amide bonds. The van der Waals surface area contributed by atoms with Gasteiger partial charge in [-0.05, 0) is 31.0 Å². The topological polar surface area (TPSA) is 54.0 Å². The first-order valence-corrected chi connectivity index (χ1v) is 8.46. The third kappa shape index (κ3) is 4.31. The number of benzene rings is 1. The van der Waals surface area contributed by atoms with Crippen LogP contribution >= 0.6 is 0 Å². The fraction of sp³-hybridized carbons (Fsp3) is 0.368. The number of hydrogen-bond donors (Lipinski definition) is 2. The summed E-state index contributed by atoms with van der Waals surface area (Å²) in [5.74, 6) is -0.384. The molecule has 0 radical (unpaired) electrons. The molecule has 1 aromatic heterocycles. The van der Waals surface area contributed by atoms with Crippen LogP contribution in [0.2, 0.25) is 0 Å². The molecular formula is C19H22FN3O. The van der Waals surface area contributed by atoms with E-state index in [9.17, 15) is 9.18 Å². The highest BCUT2D eigenvalue weighted by molar-refractivity contribution is 5.93. The molecule has 1 fully saturated rings. The number of carbonyl (C=O) groups excluding carboxylic acids is 1. The zero-order valence-electron chi connectivity index (χ0n) is 13.6. The van der Waals surface area contributed by atoms with Crippen molar-refractivity contribution in [1.29, 1.82) is 0 Å². The molecule has 1 aliphatic carbocycles. The largest absolute Gasteiger partial charge is 0.381 e. The Labute approximate surface area is 141 Å². The van der Waals surface area contributed by atoms with Gasteiger partial charge in [0, 0.05) is 30.0 Å². The summed E-state index contributed by atoms with van der Waals surface area (Å²) in [4.78, 5) is 16.5. The van der Waals surface area contributed by atoms with Crippen LogP contribution in [0.1, 0.15) is 48.2 Å². The van der Waals surface area contributed by atoms with Crippen molar-refractivity contribution in [3.63, 3.8) is 0 Å². The first kappa shape index (κ1) is 16.4. The van der Waals surface area contributed by atoms with Crippen LogP contribution in [0.25, 0.3) is 0 Å². The molecule has 2 aromatic rings. The summed E-state index contributed by atoms with van der Waals surface area (Å²) in [7, 11) is 0. The summed E-state index contributed by atoms with van der Waals surface area (Å²) in [5, 5.41) is 6.20. The highest BCUT2D eigenvalue weighted by atomic mass is 19.1. The summed E-state index contributed by atoms with van der Waals surface area (Å²) in [6.45, 7) is 0.361.